The van der Waals surface area contributed by atoms with E-state index in [0.29, 0.717) is 45.8 Å². The zero-order chi connectivity index (χ0) is 27.3. The number of benzene rings is 3. The average molecular weight is 564 g/mol. The zero-order valence-electron chi connectivity index (χ0n) is 21.3. The number of halogens is 2. The predicted molar refractivity (Wildman–Crippen MR) is 149 cm³/mol. The van der Waals surface area contributed by atoms with Crippen molar-refractivity contribution in [3.8, 4) is 17.0 Å². The van der Waals surface area contributed by atoms with Crippen LogP contribution >= 0.6 is 23.2 Å². The van der Waals surface area contributed by atoms with Gasteiger partial charge in [0, 0.05) is 17.0 Å². The van der Waals surface area contributed by atoms with Crippen LogP contribution in [0.15, 0.2) is 65.2 Å². The second-order valence-corrected chi connectivity index (χ2v) is 11.4. The molecule has 1 aromatic heterocycles. The van der Waals surface area contributed by atoms with Gasteiger partial charge < -0.3 is 19.5 Å². The van der Waals surface area contributed by atoms with Crippen LogP contribution in [0.2, 0.25) is 10.0 Å². The van der Waals surface area contributed by atoms with Gasteiger partial charge in [-0.25, -0.2) is 4.79 Å². The Kier molecular flexibility index (Phi) is 6.66. The van der Waals surface area contributed by atoms with Crippen LogP contribution in [-0.2, 0) is 12.2 Å². The molecular formula is C31H27Cl2NO5. The van der Waals surface area contributed by atoms with Gasteiger partial charge in [0.25, 0.3) is 0 Å². The van der Waals surface area contributed by atoms with E-state index in [2.05, 4.69) is 5.16 Å². The fraction of sp³-hybridized carbons (Fsp3) is 0.290. The minimum Gasteiger partial charge on any atom is -0.489 e. The number of hydrogen-bond acceptors (Lipinski definition) is 5. The van der Waals surface area contributed by atoms with Crippen molar-refractivity contribution in [1.29, 1.82) is 0 Å². The van der Waals surface area contributed by atoms with Gasteiger partial charge in [0.05, 0.1) is 26.8 Å². The van der Waals surface area contributed by atoms with Crippen molar-refractivity contribution >= 4 is 29.2 Å². The Morgan fingerprint density at radius 3 is 2.51 bits per heavy atom. The van der Waals surface area contributed by atoms with E-state index in [-0.39, 0.29) is 18.1 Å². The average Bonchev–Trinajstić information content (AvgIpc) is 3.66. The molecule has 0 unspecified atom stereocenters. The molecular weight excluding hydrogens is 537 g/mol. The third-order valence-corrected chi connectivity index (χ3v) is 8.45. The highest BCUT2D eigenvalue weighted by atomic mass is 35.5. The monoisotopic (exact) mass is 563 g/mol. The van der Waals surface area contributed by atoms with Gasteiger partial charge in [0.15, 0.2) is 0 Å². The van der Waals surface area contributed by atoms with E-state index < -0.39 is 11.6 Å². The summed E-state index contributed by atoms with van der Waals surface area (Å²) < 4.78 is 11.9. The number of aryl methyl sites for hydroxylation is 1. The first kappa shape index (κ1) is 25.9. The molecule has 2 saturated carbocycles. The molecule has 1 heterocycles. The molecule has 2 aliphatic carbocycles. The molecule has 0 radical (unpaired) electrons. The molecule has 39 heavy (non-hydrogen) atoms. The topological polar surface area (TPSA) is 92.8 Å². The molecule has 2 N–H and O–H groups in total. The number of aliphatic hydroxyl groups is 1. The van der Waals surface area contributed by atoms with Gasteiger partial charge in [-0.05, 0) is 80.0 Å². The second-order valence-electron chi connectivity index (χ2n) is 10.6. The lowest BCUT2D eigenvalue weighted by molar-refractivity contribution is -0.0549. The molecule has 6 rings (SSSR count). The van der Waals surface area contributed by atoms with Gasteiger partial charge in [-0.2, -0.15) is 0 Å². The Morgan fingerprint density at radius 1 is 1.05 bits per heavy atom. The van der Waals surface area contributed by atoms with Gasteiger partial charge in [-0.3, -0.25) is 0 Å². The minimum absolute atomic E-state index is 0.0578. The summed E-state index contributed by atoms with van der Waals surface area (Å²) >= 11 is 13.2. The van der Waals surface area contributed by atoms with Gasteiger partial charge >= 0.3 is 5.97 Å². The van der Waals surface area contributed by atoms with Gasteiger partial charge in [-0.1, -0.05) is 58.7 Å². The van der Waals surface area contributed by atoms with E-state index in [9.17, 15) is 15.0 Å². The van der Waals surface area contributed by atoms with Crippen molar-refractivity contribution < 1.29 is 24.3 Å². The highest BCUT2D eigenvalue weighted by Crippen LogP contribution is 2.53. The third kappa shape index (κ3) is 4.93. The van der Waals surface area contributed by atoms with E-state index in [4.69, 9.17) is 32.5 Å². The number of hydrogen-bond donors (Lipinski definition) is 2. The van der Waals surface area contributed by atoms with E-state index in [1.165, 1.54) is 0 Å². The minimum atomic E-state index is -1.08. The smallest absolute Gasteiger partial charge is 0.335 e. The van der Waals surface area contributed by atoms with Crippen LogP contribution in [0.5, 0.6) is 5.75 Å². The van der Waals surface area contributed by atoms with Gasteiger partial charge in [0.2, 0.25) is 0 Å². The van der Waals surface area contributed by atoms with Crippen molar-refractivity contribution in [1.82, 2.24) is 5.16 Å². The van der Waals surface area contributed by atoms with Gasteiger partial charge in [-0.15, -0.1) is 0 Å². The van der Waals surface area contributed by atoms with E-state index in [1.807, 2.05) is 37.3 Å². The molecule has 0 saturated heterocycles. The van der Waals surface area contributed by atoms with Crippen molar-refractivity contribution in [2.45, 2.75) is 56.7 Å². The lowest BCUT2D eigenvalue weighted by atomic mass is 9.65. The number of aromatic carboxylic acids is 1. The third-order valence-electron chi connectivity index (χ3n) is 7.82. The summed E-state index contributed by atoms with van der Waals surface area (Å²) in [6, 6.07) is 17.9. The number of carboxylic acid groups (broad SMARTS) is 1. The molecule has 0 aliphatic heterocycles. The summed E-state index contributed by atoms with van der Waals surface area (Å²) in [6.07, 6.45) is 3.04. The molecule has 4 aromatic rings. The van der Waals surface area contributed by atoms with Crippen molar-refractivity contribution in [3.63, 3.8) is 0 Å². The predicted octanol–water partition coefficient (Wildman–Crippen LogP) is 7.88. The number of carbonyl (C=O) groups is 1. The van der Waals surface area contributed by atoms with Crippen LogP contribution in [0.1, 0.15) is 75.9 Å². The van der Waals surface area contributed by atoms with Crippen LogP contribution in [0, 0.1) is 6.92 Å². The lowest BCUT2D eigenvalue weighted by Gasteiger charge is -2.44. The van der Waals surface area contributed by atoms with Crippen LogP contribution in [0.3, 0.4) is 0 Å². The fourth-order valence-electron chi connectivity index (χ4n) is 5.51. The SMILES string of the molecule is Cc1cccc(Cl)c1-c1noc(C2CC2)c1COc1ccc([C@]2(O)C[C@@H](c3cccc(C(=O)O)c3)C2)c(Cl)c1. The standard InChI is InChI=1S/C31H27Cl2NO5/c1-17-4-2-7-25(32)27(17)28-23(29(39-34-28)18-8-9-18)16-38-22-10-11-24(26(33)13-22)31(37)14-21(15-31)19-5-3-6-20(12-19)30(35)36/h2-7,10-13,18,21,37H,8-9,14-16H2,1H3,(H,35,36)/t21-,31+. The molecule has 200 valence electrons. The van der Waals surface area contributed by atoms with Crippen molar-refractivity contribution in [2.75, 3.05) is 0 Å². The maximum Gasteiger partial charge on any atom is 0.335 e. The maximum absolute atomic E-state index is 11.3. The Hall–Kier alpha value is -3.32. The molecule has 2 fully saturated rings. The molecule has 6 nitrogen and oxygen atoms in total. The highest BCUT2D eigenvalue weighted by molar-refractivity contribution is 6.33. The van der Waals surface area contributed by atoms with Crippen LogP contribution in [-0.4, -0.2) is 21.3 Å². The molecule has 8 heteroatoms. The normalized spacial score (nSPS) is 20.5. The van der Waals surface area contributed by atoms with Crippen LogP contribution < -0.4 is 4.74 Å². The number of nitrogens with zero attached hydrogens (tertiary/aromatic N) is 1. The van der Waals surface area contributed by atoms with Crippen LogP contribution in [0.25, 0.3) is 11.3 Å². The number of aromatic nitrogens is 1. The summed E-state index contributed by atoms with van der Waals surface area (Å²) in [5.74, 6) is 0.851. The molecule has 3 aromatic carbocycles. The Morgan fingerprint density at radius 2 is 1.82 bits per heavy atom. The first-order valence-corrected chi connectivity index (χ1v) is 13.7. The second kappa shape index (κ2) is 10.0. The molecule has 0 spiro atoms. The summed E-state index contributed by atoms with van der Waals surface area (Å²) in [5.41, 5.74) is 4.14. The quantitative estimate of drug-likeness (QED) is 0.226. The molecule has 2 aliphatic rings. The molecule has 0 bridgehead atoms. The van der Waals surface area contributed by atoms with E-state index in [0.717, 1.165) is 40.9 Å². The Balaban J connectivity index is 1.19. The highest BCUT2D eigenvalue weighted by Gasteiger charge is 2.45. The first-order valence-electron chi connectivity index (χ1n) is 13.0. The largest absolute Gasteiger partial charge is 0.489 e. The van der Waals surface area contributed by atoms with Crippen LogP contribution in [0.4, 0.5) is 0 Å². The fourth-order valence-corrected chi connectivity index (χ4v) is 6.17. The van der Waals surface area contributed by atoms with E-state index >= 15 is 0 Å². The maximum atomic E-state index is 11.3. The van der Waals surface area contributed by atoms with Crippen molar-refractivity contribution in [2.24, 2.45) is 0 Å². The summed E-state index contributed by atoms with van der Waals surface area (Å²) in [6.45, 7) is 2.24. The first-order chi connectivity index (χ1) is 18.7. The Labute approximate surface area is 236 Å². The zero-order valence-corrected chi connectivity index (χ0v) is 22.8. The van der Waals surface area contributed by atoms with Gasteiger partial charge in [0.1, 0.15) is 23.8 Å². The summed E-state index contributed by atoms with van der Waals surface area (Å²) in [7, 11) is 0. The number of carboxylic acids is 1. The molecule has 0 amide bonds. The Bertz CT molecular complexity index is 1550. The summed E-state index contributed by atoms with van der Waals surface area (Å²) in [4.78, 5) is 11.3. The van der Waals surface area contributed by atoms with Crippen molar-refractivity contribution in [3.05, 3.63) is 104 Å². The number of rotatable bonds is 8. The number of ether oxygens (including phenoxy) is 1. The molecule has 0 atom stereocenters. The summed E-state index contributed by atoms with van der Waals surface area (Å²) in [5, 5.41) is 26.0. The van der Waals surface area contributed by atoms with E-state index in [1.54, 1.807) is 30.3 Å². The lowest BCUT2D eigenvalue weighted by Crippen LogP contribution is -2.40.